The van der Waals surface area contributed by atoms with Crippen LogP contribution in [-0.2, 0) is 4.74 Å². The Morgan fingerprint density at radius 1 is 1.25 bits per heavy atom. The largest absolute Gasteiger partial charge is 0.496 e. The molecule has 0 unspecified atom stereocenters. The van der Waals surface area contributed by atoms with E-state index in [-0.39, 0.29) is 0 Å². The number of para-hydroxylation sites is 1. The third-order valence-electron chi connectivity index (χ3n) is 2.18. The Hall–Kier alpha value is -1.32. The standard InChI is InChI=1S/C13H19NO2/c1-15-11-10-14-9-5-7-12-6-3-4-8-13(12)16-2/h3-8,14H,9-11H2,1-2H3/b7-5+. The van der Waals surface area contributed by atoms with Crippen molar-refractivity contribution < 1.29 is 9.47 Å². The van der Waals surface area contributed by atoms with Gasteiger partial charge in [-0.25, -0.2) is 0 Å². The Balaban J connectivity index is 2.37. The smallest absolute Gasteiger partial charge is 0.126 e. The molecule has 0 aliphatic carbocycles. The number of rotatable bonds is 7. The van der Waals surface area contributed by atoms with Crippen molar-refractivity contribution >= 4 is 6.08 Å². The maximum atomic E-state index is 5.25. The monoisotopic (exact) mass is 221 g/mol. The van der Waals surface area contributed by atoms with Crippen molar-refractivity contribution in [2.75, 3.05) is 33.9 Å². The summed E-state index contributed by atoms with van der Waals surface area (Å²) < 4.78 is 10.2. The molecule has 0 radical (unpaired) electrons. The first-order valence-electron chi connectivity index (χ1n) is 5.37. The predicted octanol–water partition coefficient (Wildman–Crippen LogP) is 1.94. The quantitative estimate of drug-likeness (QED) is 0.714. The van der Waals surface area contributed by atoms with Gasteiger partial charge < -0.3 is 14.8 Å². The highest BCUT2D eigenvalue weighted by atomic mass is 16.5. The molecule has 88 valence electrons. The average Bonchev–Trinajstić information content (AvgIpc) is 2.34. The summed E-state index contributed by atoms with van der Waals surface area (Å²) in [6.07, 6.45) is 4.13. The fourth-order valence-electron chi connectivity index (χ4n) is 1.35. The zero-order valence-electron chi connectivity index (χ0n) is 9.90. The van der Waals surface area contributed by atoms with Crippen LogP contribution < -0.4 is 10.1 Å². The molecule has 0 bridgehead atoms. The van der Waals surface area contributed by atoms with Crippen molar-refractivity contribution in [1.29, 1.82) is 0 Å². The molecule has 0 amide bonds. The number of methoxy groups -OCH3 is 2. The summed E-state index contributed by atoms with van der Waals surface area (Å²) >= 11 is 0. The molecule has 0 heterocycles. The van der Waals surface area contributed by atoms with E-state index < -0.39 is 0 Å². The second-order valence-corrected chi connectivity index (χ2v) is 3.34. The average molecular weight is 221 g/mol. The molecule has 16 heavy (non-hydrogen) atoms. The Kier molecular flexibility index (Phi) is 6.30. The summed E-state index contributed by atoms with van der Waals surface area (Å²) in [5.74, 6) is 0.899. The minimum Gasteiger partial charge on any atom is -0.496 e. The van der Waals surface area contributed by atoms with Crippen LogP contribution in [0.5, 0.6) is 5.75 Å². The maximum Gasteiger partial charge on any atom is 0.126 e. The van der Waals surface area contributed by atoms with Gasteiger partial charge in [0.25, 0.3) is 0 Å². The van der Waals surface area contributed by atoms with Crippen LogP contribution in [0, 0.1) is 0 Å². The molecular weight excluding hydrogens is 202 g/mol. The van der Waals surface area contributed by atoms with Gasteiger partial charge in [0.1, 0.15) is 5.75 Å². The first-order chi connectivity index (χ1) is 7.88. The van der Waals surface area contributed by atoms with E-state index in [1.165, 1.54) is 0 Å². The lowest BCUT2D eigenvalue weighted by Gasteiger charge is -2.03. The number of nitrogens with one attached hydrogen (secondary N) is 1. The topological polar surface area (TPSA) is 30.5 Å². The van der Waals surface area contributed by atoms with Crippen molar-refractivity contribution in [3.63, 3.8) is 0 Å². The second kappa shape index (κ2) is 7.91. The maximum absolute atomic E-state index is 5.25. The molecule has 3 heteroatoms. The van der Waals surface area contributed by atoms with Gasteiger partial charge in [-0.05, 0) is 6.07 Å². The molecule has 3 nitrogen and oxygen atoms in total. The van der Waals surface area contributed by atoms with Crippen molar-refractivity contribution in [2.24, 2.45) is 0 Å². The van der Waals surface area contributed by atoms with Crippen LogP contribution in [0.4, 0.5) is 0 Å². The molecule has 1 aromatic carbocycles. The fourth-order valence-corrected chi connectivity index (χ4v) is 1.35. The molecule has 0 aromatic heterocycles. The highest BCUT2D eigenvalue weighted by Crippen LogP contribution is 2.18. The van der Waals surface area contributed by atoms with E-state index in [9.17, 15) is 0 Å². The fraction of sp³-hybridized carbons (Fsp3) is 0.385. The zero-order valence-corrected chi connectivity index (χ0v) is 9.90. The van der Waals surface area contributed by atoms with Gasteiger partial charge >= 0.3 is 0 Å². The lowest BCUT2D eigenvalue weighted by atomic mass is 10.2. The Morgan fingerprint density at radius 3 is 2.81 bits per heavy atom. The van der Waals surface area contributed by atoms with Gasteiger partial charge in [0.05, 0.1) is 13.7 Å². The summed E-state index contributed by atoms with van der Waals surface area (Å²) in [7, 11) is 3.38. The highest BCUT2D eigenvalue weighted by molar-refractivity contribution is 5.57. The van der Waals surface area contributed by atoms with Crippen LogP contribution in [0.25, 0.3) is 6.08 Å². The molecule has 0 fully saturated rings. The van der Waals surface area contributed by atoms with Crippen LogP contribution in [0.3, 0.4) is 0 Å². The zero-order chi connectivity index (χ0) is 11.6. The Morgan fingerprint density at radius 2 is 2.06 bits per heavy atom. The molecule has 1 aromatic rings. The van der Waals surface area contributed by atoms with E-state index in [0.29, 0.717) is 0 Å². The molecular formula is C13H19NO2. The first kappa shape index (κ1) is 12.7. The van der Waals surface area contributed by atoms with Gasteiger partial charge in [-0.1, -0.05) is 30.4 Å². The highest BCUT2D eigenvalue weighted by Gasteiger charge is 1.95. The number of hydrogen-bond acceptors (Lipinski definition) is 3. The van der Waals surface area contributed by atoms with Crippen LogP contribution in [0.1, 0.15) is 5.56 Å². The molecule has 0 atom stereocenters. The summed E-state index contributed by atoms with van der Waals surface area (Å²) in [5.41, 5.74) is 1.10. The van der Waals surface area contributed by atoms with E-state index in [2.05, 4.69) is 17.5 Å². The van der Waals surface area contributed by atoms with Gasteiger partial charge in [0.15, 0.2) is 0 Å². The van der Waals surface area contributed by atoms with Crippen LogP contribution in [-0.4, -0.2) is 33.9 Å². The second-order valence-electron chi connectivity index (χ2n) is 3.34. The number of hydrogen-bond donors (Lipinski definition) is 1. The predicted molar refractivity (Wildman–Crippen MR) is 66.8 cm³/mol. The van der Waals surface area contributed by atoms with Gasteiger partial charge in [-0.2, -0.15) is 0 Å². The van der Waals surface area contributed by atoms with Crippen LogP contribution >= 0.6 is 0 Å². The van der Waals surface area contributed by atoms with E-state index >= 15 is 0 Å². The molecule has 0 aliphatic heterocycles. The summed E-state index contributed by atoms with van der Waals surface area (Å²) in [5, 5.41) is 3.24. The van der Waals surface area contributed by atoms with Crippen molar-refractivity contribution in [2.45, 2.75) is 0 Å². The molecule has 1 rings (SSSR count). The van der Waals surface area contributed by atoms with E-state index in [1.54, 1.807) is 14.2 Å². The minimum atomic E-state index is 0.739. The summed E-state index contributed by atoms with van der Waals surface area (Å²) in [6, 6.07) is 7.95. The van der Waals surface area contributed by atoms with E-state index in [1.807, 2.05) is 24.3 Å². The third kappa shape index (κ3) is 4.47. The van der Waals surface area contributed by atoms with Gasteiger partial charge in [-0.3, -0.25) is 0 Å². The van der Waals surface area contributed by atoms with Gasteiger partial charge in [0, 0.05) is 25.8 Å². The SMILES string of the molecule is COCCNC/C=C/c1ccccc1OC. The molecule has 0 aliphatic rings. The minimum absolute atomic E-state index is 0.739. The van der Waals surface area contributed by atoms with Crippen LogP contribution in [0.15, 0.2) is 30.3 Å². The Labute approximate surface area is 97.1 Å². The van der Waals surface area contributed by atoms with Crippen molar-refractivity contribution in [3.05, 3.63) is 35.9 Å². The van der Waals surface area contributed by atoms with Gasteiger partial charge in [0.2, 0.25) is 0 Å². The number of ether oxygens (including phenoxy) is 2. The molecule has 0 spiro atoms. The van der Waals surface area contributed by atoms with Gasteiger partial charge in [-0.15, -0.1) is 0 Å². The van der Waals surface area contributed by atoms with Crippen molar-refractivity contribution in [3.8, 4) is 5.75 Å². The normalized spacial score (nSPS) is 10.9. The lowest BCUT2D eigenvalue weighted by Crippen LogP contribution is -2.18. The Bertz CT molecular complexity index is 323. The van der Waals surface area contributed by atoms with E-state index in [4.69, 9.17) is 9.47 Å². The van der Waals surface area contributed by atoms with E-state index in [0.717, 1.165) is 31.0 Å². The van der Waals surface area contributed by atoms with Crippen molar-refractivity contribution in [1.82, 2.24) is 5.32 Å². The molecule has 1 N–H and O–H groups in total. The lowest BCUT2D eigenvalue weighted by molar-refractivity contribution is 0.200. The van der Waals surface area contributed by atoms with Crippen LogP contribution in [0.2, 0.25) is 0 Å². The third-order valence-corrected chi connectivity index (χ3v) is 2.18. The molecule has 0 saturated carbocycles. The summed E-state index contributed by atoms with van der Waals surface area (Å²) in [4.78, 5) is 0. The molecule has 0 saturated heterocycles. The summed E-state index contributed by atoms with van der Waals surface area (Å²) in [6.45, 7) is 2.44. The number of benzene rings is 1. The first-order valence-corrected chi connectivity index (χ1v) is 5.37.